The third-order valence-electron chi connectivity index (χ3n) is 15.6. The fourth-order valence-corrected chi connectivity index (χ4v) is 11.7. The second-order valence-electron chi connectivity index (χ2n) is 20.2. The molecule has 376 valence electrons. The van der Waals surface area contributed by atoms with E-state index in [2.05, 4.69) is 76.7 Å². The molecule has 4 bridgehead atoms. The van der Waals surface area contributed by atoms with Crippen LogP contribution in [0.3, 0.4) is 0 Å². The van der Waals surface area contributed by atoms with Gasteiger partial charge in [0.25, 0.3) is 0 Å². The number of nitrogens with zero attached hydrogens (tertiary/aromatic N) is 1. The fourth-order valence-electron chi connectivity index (χ4n) is 11.7. The first-order chi connectivity index (χ1) is 35.2. The van der Waals surface area contributed by atoms with Gasteiger partial charge in [-0.2, -0.15) is 0 Å². The number of anilines is 1. The Morgan fingerprint density at radius 2 is 1.69 bits per heavy atom. The Balaban J connectivity index is 1.09. The number of rotatable bonds is 10. The van der Waals surface area contributed by atoms with Crippen LogP contribution < -0.4 is 29.2 Å². The Bertz CT molecular complexity index is 2830. The number of nitrogens with one attached hydrogen (secondary N) is 2. The summed E-state index contributed by atoms with van der Waals surface area (Å²) < 4.78 is 26.8. The van der Waals surface area contributed by atoms with Crippen molar-refractivity contribution < 1.29 is 39.1 Å². The molecular formula is C61H69N3O8. The van der Waals surface area contributed by atoms with Crippen LogP contribution in [-0.4, -0.2) is 84.8 Å². The topological polar surface area (TPSA) is 146 Å². The molecule has 11 rings (SSSR count). The van der Waals surface area contributed by atoms with E-state index in [1.165, 1.54) is 41.9 Å². The summed E-state index contributed by atoms with van der Waals surface area (Å²) in [6.07, 6.45) is 10.8. The predicted octanol–water partition coefficient (Wildman–Crippen LogP) is 10.5. The molecule has 1 unspecified atom stereocenters. The third-order valence-corrected chi connectivity index (χ3v) is 15.6. The monoisotopic (exact) mass is 972 g/mol. The van der Waals surface area contributed by atoms with E-state index in [9.17, 15) is 20.1 Å². The van der Waals surface area contributed by atoms with Crippen LogP contribution in [0.4, 0.5) is 5.82 Å². The molecule has 2 fully saturated rings. The van der Waals surface area contributed by atoms with E-state index in [4.69, 9.17) is 18.9 Å². The molecule has 1 aromatic heterocycles. The highest BCUT2D eigenvalue weighted by Crippen LogP contribution is 2.54. The fraction of sp³-hybridized carbons (Fsp3) is 0.393. The van der Waals surface area contributed by atoms with Crippen molar-refractivity contribution in [3.63, 3.8) is 0 Å². The Kier molecular flexibility index (Phi) is 15.0. The van der Waals surface area contributed by atoms with Crippen molar-refractivity contribution >= 4 is 17.7 Å². The van der Waals surface area contributed by atoms with Gasteiger partial charge in [0.2, 0.25) is 5.75 Å². The standard InChI is InChI=1S/C61H69N3O8/c1-3-47-35-51-45-14-10-13-41(34-45)18-26-50-56-55(52(68)36-53(72-56)44-19-24-48(66)25-20-44)58(70-32-27-49(67)23-17-40-11-6-4-7-12-40)59(69-2)57(50)71-39-43(38-65)33-42-15-21-46(22-16-42)61(28-8-5-9-29-61)54-37-62-30-31-64(54)60(51)63-47/h4,6-7,10-17,19-25,34-35,43,49,53-54,62-63,65-67H,3,5,8-9,18,26-33,36-39H2,1-2H3/b23-17+/t43-,49-,53?,54+/m0/s1. The lowest BCUT2D eigenvalue weighted by atomic mass is 9.64. The second-order valence-corrected chi connectivity index (χ2v) is 20.2. The molecule has 0 amide bonds. The number of phenolic OH excluding ortho intramolecular Hbond substituents is 1. The quantitative estimate of drug-likeness (QED) is 0.0899. The van der Waals surface area contributed by atoms with E-state index in [0.29, 0.717) is 36.3 Å². The zero-order valence-electron chi connectivity index (χ0n) is 41.7. The maximum absolute atomic E-state index is 14.7. The van der Waals surface area contributed by atoms with E-state index in [1.54, 1.807) is 37.5 Å². The molecule has 4 atom stereocenters. The number of phenols is 1. The number of methoxy groups -OCH3 is 1. The number of H-pyrrole nitrogens is 1. The molecule has 11 heteroatoms. The largest absolute Gasteiger partial charge is 0.508 e. The number of Topliss-reactive ketones (excluding diaryl/α,β-unsaturated/α-hetero) is 1. The number of ether oxygens (including phenoxy) is 4. The Morgan fingerprint density at radius 1 is 0.889 bits per heavy atom. The summed E-state index contributed by atoms with van der Waals surface area (Å²) in [6, 6.07) is 37.1. The van der Waals surface area contributed by atoms with Gasteiger partial charge >= 0.3 is 0 Å². The number of benzene rings is 5. The second kappa shape index (κ2) is 22.1. The number of aryl methyl sites for hydroxylation is 2. The van der Waals surface area contributed by atoms with Crippen molar-refractivity contribution in [2.75, 3.05) is 51.5 Å². The number of aromatic nitrogens is 1. The first-order valence-electron chi connectivity index (χ1n) is 26.2. The smallest absolute Gasteiger partial charge is 0.204 e. The van der Waals surface area contributed by atoms with E-state index < -0.39 is 12.2 Å². The van der Waals surface area contributed by atoms with Crippen molar-refractivity contribution in [1.29, 1.82) is 0 Å². The zero-order chi connectivity index (χ0) is 49.6. The number of piperazine rings is 1. The van der Waals surface area contributed by atoms with Crippen LogP contribution in [0.15, 0.2) is 115 Å². The summed E-state index contributed by atoms with van der Waals surface area (Å²) in [5, 5.41) is 36.1. The lowest BCUT2D eigenvalue weighted by Gasteiger charge is -2.51. The zero-order valence-corrected chi connectivity index (χ0v) is 41.7. The maximum Gasteiger partial charge on any atom is 0.204 e. The minimum atomic E-state index is -0.820. The van der Waals surface area contributed by atoms with Crippen LogP contribution in [0.2, 0.25) is 0 Å². The van der Waals surface area contributed by atoms with Crippen molar-refractivity contribution in [2.24, 2.45) is 5.92 Å². The van der Waals surface area contributed by atoms with Crippen LogP contribution in [0.5, 0.6) is 28.7 Å². The molecule has 11 nitrogen and oxygen atoms in total. The van der Waals surface area contributed by atoms with Gasteiger partial charge in [-0.25, -0.2) is 0 Å². The first-order valence-corrected chi connectivity index (χ1v) is 26.2. The summed E-state index contributed by atoms with van der Waals surface area (Å²) in [5.41, 5.74) is 9.73. The van der Waals surface area contributed by atoms with Crippen molar-refractivity contribution in [2.45, 2.75) is 101 Å². The number of aromatic hydroxyl groups is 1. The molecule has 1 spiro atoms. The number of ketones is 1. The van der Waals surface area contributed by atoms with Gasteiger partial charge in [0, 0.05) is 60.8 Å². The van der Waals surface area contributed by atoms with Gasteiger partial charge in [0.05, 0.1) is 38.9 Å². The third kappa shape index (κ3) is 10.2. The molecule has 4 aliphatic heterocycles. The van der Waals surface area contributed by atoms with Gasteiger partial charge in [0.1, 0.15) is 29.0 Å². The predicted molar refractivity (Wildman–Crippen MR) is 283 cm³/mol. The summed E-state index contributed by atoms with van der Waals surface area (Å²) in [4.78, 5) is 21.4. The number of hydrogen-bond donors (Lipinski definition) is 5. The van der Waals surface area contributed by atoms with E-state index >= 15 is 0 Å². The van der Waals surface area contributed by atoms with E-state index in [0.717, 1.165) is 66.7 Å². The highest BCUT2D eigenvalue weighted by Gasteiger charge is 2.46. The Labute approximate surface area is 423 Å². The SMILES string of the molecule is CCc1cc2c([nH]1)N1CCNC[C@@H]1C1(CCCCC1)c1ccc(cc1)C[C@@H](CO)COc1c(c3c(c(OCC[C@@H](O)/C=C/c4ccccc4)c1OC)C(=O)CC(c1ccc(O)cc1)O3)CCc1cccc-2c1. The van der Waals surface area contributed by atoms with Gasteiger partial charge in [0.15, 0.2) is 17.3 Å². The van der Waals surface area contributed by atoms with Crippen LogP contribution in [0, 0.1) is 5.92 Å². The van der Waals surface area contributed by atoms with Gasteiger partial charge < -0.3 is 49.5 Å². The molecule has 1 saturated carbocycles. The molecule has 5 aromatic carbocycles. The van der Waals surface area contributed by atoms with Gasteiger partial charge in [-0.05, 0) is 90.1 Å². The lowest BCUT2D eigenvalue weighted by Crippen LogP contribution is -2.61. The summed E-state index contributed by atoms with van der Waals surface area (Å²) in [7, 11) is 1.55. The van der Waals surface area contributed by atoms with Gasteiger partial charge in [-0.3, -0.25) is 4.79 Å². The summed E-state index contributed by atoms with van der Waals surface area (Å²) in [5.74, 6) is 2.03. The van der Waals surface area contributed by atoms with Crippen LogP contribution >= 0.6 is 0 Å². The number of hydrogen-bond acceptors (Lipinski definition) is 10. The highest BCUT2D eigenvalue weighted by atomic mass is 16.5. The number of carbonyl (C=O) groups excluding carboxylic acids is 1. The van der Waals surface area contributed by atoms with Crippen LogP contribution in [0.25, 0.3) is 17.2 Å². The van der Waals surface area contributed by atoms with Gasteiger partial charge in [-0.1, -0.05) is 129 Å². The number of aromatic amines is 1. The number of aliphatic hydroxyl groups is 2. The lowest BCUT2D eigenvalue weighted by molar-refractivity contribution is 0.0834. The average Bonchev–Trinajstić information content (AvgIpc) is 3.86. The average molecular weight is 972 g/mol. The van der Waals surface area contributed by atoms with Gasteiger partial charge in [-0.15, -0.1) is 0 Å². The molecule has 6 aromatic rings. The first kappa shape index (κ1) is 49.1. The number of fused-ring (bicyclic) bond motifs is 7. The molecule has 5 N–H and O–H groups in total. The van der Waals surface area contributed by atoms with E-state index in [-0.39, 0.29) is 78.6 Å². The Hall–Kier alpha value is -6.53. The minimum Gasteiger partial charge on any atom is -0.508 e. The van der Waals surface area contributed by atoms with Crippen molar-refractivity contribution in [1.82, 2.24) is 10.3 Å². The normalized spacial score (nSPS) is 20.4. The van der Waals surface area contributed by atoms with Crippen LogP contribution in [0.1, 0.15) is 107 Å². The molecular weight excluding hydrogens is 903 g/mol. The van der Waals surface area contributed by atoms with E-state index in [1.807, 2.05) is 36.4 Å². The molecule has 1 aliphatic carbocycles. The molecule has 5 aliphatic rings. The highest BCUT2D eigenvalue weighted by molar-refractivity contribution is 6.04. The van der Waals surface area contributed by atoms with Crippen molar-refractivity contribution in [3.05, 3.63) is 160 Å². The molecule has 0 radical (unpaired) electrons. The Morgan fingerprint density at radius 3 is 2.46 bits per heavy atom. The number of aliphatic hydroxyl groups excluding tert-OH is 2. The summed E-state index contributed by atoms with van der Waals surface area (Å²) in [6.45, 7) is 5.01. The van der Waals surface area contributed by atoms with Crippen molar-refractivity contribution in [3.8, 4) is 39.9 Å². The maximum atomic E-state index is 14.7. The van der Waals surface area contributed by atoms with Crippen LogP contribution in [-0.2, 0) is 31.1 Å². The molecule has 5 heterocycles. The molecule has 72 heavy (non-hydrogen) atoms. The summed E-state index contributed by atoms with van der Waals surface area (Å²) >= 11 is 0. The number of carbonyl (C=O) groups is 1. The molecule has 1 saturated heterocycles. The minimum absolute atomic E-state index is 0.0284.